The fourth-order valence-electron chi connectivity index (χ4n) is 1.51. The monoisotopic (exact) mass is 230 g/mol. The third-order valence-corrected chi connectivity index (χ3v) is 2.50. The van der Waals surface area contributed by atoms with Gasteiger partial charge in [-0.2, -0.15) is 0 Å². The van der Waals surface area contributed by atoms with Crippen LogP contribution in [0, 0.1) is 0 Å². The first-order chi connectivity index (χ1) is 8.24. The van der Waals surface area contributed by atoms with Gasteiger partial charge in [-0.1, -0.05) is 50.1 Å². The molecule has 1 rings (SSSR count). The van der Waals surface area contributed by atoms with E-state index in [1.54, 1.807) is 6.08 Å². The van der Waals surface area contributed by atoms with Gasteiger partial charge in [0.1, 0.15) is 0 Å². The fourth-order valence-corrected chi connectivity index (χ4v) is 1.51. The van der Waals surface area contributed by atoms with Crippen LogP contribution in [0.1, 0.15) is 38.2 Å². The van der Waals surface area contributed by atoms with Gasteiger partial charge in [0.25, 0.3) is 0 Å². The molecule has 0 unspecified atom stereocenters. The normalized spacial score (nSPS) is 9.47. The van der Waals surface area contributed by atoms with Crippen LogP contribution < -0.4 is 0 Å². The number of hydrogen-bond donors (Lipinski definition) is 1. The van der Waals surface area contributed by atoms with Crippen molar-refractivity contribution >= 4 is 12.0 Å². The van der Waals surface area contributed by atoms with Crippen LogP contribution >= 0.6 is 0 Å². The molecule has 1 aromatic carbocycles. The van der Waals surface area contributed by atoms with Crippen LogP contribution in [0.15, 0.2) is 41.6 Å². The maximum Gasteiger partial charge on any atom is 0.339 e. The highest BCUT2D eigenvalue weighted by Gasteiger charge is 2.04. The van der Waals surface area contributed by atoms with Gasteiger partial charge >= 0.3 is 5.97 Å². The zero-order valence-corrected chi connectivity index (χ0v) is 10.1. The molecule has 0 aromatic heterocycles. The van der Waals surface area contributed by atoms with Crippen LogP contribution in [0.3, 0.4) is 0 Å². The van der Waals surface area contributed by atoms with Gasteiger partial charge in [0.15, 0.2) is 0 Å². The summed E-state index contributed by atoms with van der Waals surface area (Å²) in [6, 6.07) is 9.63. The lowest BCUT2D eigenvalue weighted by Crippen LogP contribution is -1.99. The first-order valence-electron chi connectivity index (χ1n) is 5.98. The van der Waals surface area contributed by atoms with Gasteiger partial charge in [-0.25, -0.2) is 4.79 Å². The number of benzene rings is 1. The Bertz CT molecular complexity index is 412. The molecule has 2 nitrogen and oxygen atoms in total. The van der Waals surface area contributed by atoms with E-state index in [4.69, 9.17) is 5.11 Å². The Hall–Kier alpha value is -1.79. The second-order valence-corrected chi connectivity index (χ2v) is 3.94. The Morgan fingerprint density at radius 1 is 1.29 bits per heavy atom. The molecule has 90 valence electrons. The zero-order chi connectivity index (χ0) is 12.5. The molecular weight excluding hydrogens is 212 g/mol. The smallest absolute Gasteiger partial charge is 0.339 e. The lowest BCUT2D eigenvalue weighted by atomic mass is 10.1. The molecule has 0 aliphatic carbocycles. The van der Waals surface area contributed by atoms with Gasteiger partial charge in [-0.05, 0) is 24.5 Å². The van der Waals surface area contributed by atoms with Gasteiger partial charge in [0.05, 0.1) is 5.57 Å². The van der Waals surface area contributed by atoms with E-state index in [1.807, 2.05) is 30.3 Å². The molecule has 0 bridgehead atoms. The number of carbonyl (C=O) groups is 1. The molecule has 1 N–H and O–H groups in total. The average Bonchev–Trinajstić information content (AvgIpc) is 2.34. The van der Waals surface area contributed by atoms with Crippen molar-refractivity contribution in [3.63, 3.8) is 0 Å². The minimum atomic E-state index is -0.867. The van der Waals surface area contributed by atoms with Crippen molar-refractivity contribution in [2.45, 2.75) is 32.6 Å². The van der Waals surface area contributed by atoms with E-state index in [0.29, 0.717) is 12.0 Å². The largest absolute Gasteiger partial charge is 0.477 e. The van der Waals surface area contributed by atoms with Crippen molar-refractivity contribution in [2.75, 3.05) is 0 Å². The molecule has 0 fully saturated rings. The fraction of sp³-hybridized carbons (Fsp3) is 0.333. The predicted octanol–water partition coefficient (Wildman–Crippen LogP) is 3.89. The van der Waals surface area contributed by atoms with E-state index in [9.17, 15) is 4.79 Å². The van der Waals surface area contributed by atoms with E-state index in [-0.39, 0.29) is 0 Å². The number of unbranched alkanes of at least 4 members (excludes halogenated alkanes) is 2. The van der Waals surface area contributed by atoms with E-state index >= 15 is 0 Å². The third-order valence-electron chi connectivity index (χ3n) is 2.50. The Morgan fingerprint density at radius 3 is 2.59 bits per heavy atom. The van der Waals surface area contributed by atoms with E-state index in [2.05, 4.69) is 12.7 Å². The molecule has 0 amide bonds. The molecule has 0 saturated carbocycles. The maximum atomic E-state index is 11.0. The second kappa shape index (κ2) is 7.48. The summed E-state index contributed by atoms with van der Waals surface area (Å²) >= 11 is 0. The highest BCUT2D eigenvalue weighted by Crippen LogP contribution is 2.09. The van der Waals surface area contributed by atoms with Crippen molar-refractivity contribution < 1.29 is 9.90 Å². The average molecular weight is 230 g/mol. The summed E-state index contributed by atoms with van der Waals surface area (Å²) in [6.07, 6.45) is 5.38. The molecule has 0 aliphatic rings. The van der Waals surface area contributed by atoms with Gasteiger partial charge in [0, 0.05) is 0 Å². The van der Waals surface area contributed by atoms with Gasteiger partial charge in [0.2, 0.25) is 0 Å². The van der Waals surface area contributed by atoms with Crippen LogP contribution in [0.4, 0.5) is 0 Å². The van der Waals surface area contributed by atoms with Crippen molar-refractivity contribution in [2.24, 2.45) is 0 Å². The van der Waals surface area contributed by atoms with E-state index in [0.717, 1.165) is 24.8 Å². The Kier molecular flexibility index (Phi) is 5.84. The minimum Gasteiger partial charge on any atom is -0.477 e. The summed E-state index contributed by atoms with van der Waals surface area (Å²) in [5.74, 6) is -0.867. The van der Waals surface area contributed by atoms with Crippen molar-refractivity contribution in [1.82, 2.24) is 0 Å². The summed E-state index contributed by atoms with van der Waals surface area (Å²) < 4.78 is 0. The van der Waals surface area contributed by atoms with E-state index in [1.165, 1.54) is 0 Å². The number of carboxylic acids is 1. The number of carboxylic acid groups (broad SMARTS) is 1. The molecule has 2 heteroatoms. The summed E-state index contributed by atoms with van der Waals surface area (Å²) in [5, 5.41) is 9.03. The topological polar surface area (TPSA) is 37.3 Å². The second-order valence-electron chi connectivity index (χ2n) is 3.94. The Morgan fingerprint density at radius 2 is 2.00 bits per heavy atom. The molecule has 0 saturated heterocycles. The van der Waals surface area contributed by atoms with Crippen LogP contribution in [-0.4, -0.2) is 11.1 Å². The number of aliphatic carboxylic acids is 1. The van der Waals surface area contributed by atoms with Gasteiger partial charge < -0.3 is 5.11 Å². The molecular formula is C15H18O2. The first kappa shape index (κ1) is 13.3. The predicted molar refractivity (Wildman–Crippen MR) is 69.7 cm³/mol. The van der Waals surface area contributed by atoms with Crippen LogP contribution in [0.2, 0.25) is 0 Å². The Labute approximate surface area is 102 Å². The van der Waals surface area contributed by atoms with Crippen molar-refractivity contribution in [1.29, 1.82) is 0 Å². The number of hydrogen-bond acceptors (Lipinski definition) is 1. The SMILES string of the molecule is CCCCCC(=C=Cc1ccccc1)C(=O)O. The van der Waals surface area contributed by atoms with Crippen LogP contribution in [-0.2, 0) is 4.79 Å². The Balaban J connectivity index is 2.76. The lowest BCUT2D eigenvalue weighted by Gasteiger charge is -1.98. The van der Waals surface area contributed by atoms with Gasteiger partial charge in [-0.3, -0.25) is 0 Å². The van der Waals surface area contributed by atoms with Crippen LogP contribution in [0.25, 0.3) is 6.08 Å². The van der Waals surface area contributed by atoms with Gasteiger partial charge in [-0.15, -0.1) is 5.73 Å². The minimum absolute atomic E-state index is 0.363. The zero-order valence-electron chi connectivity index (χ0n) is 10.1. The molecule has 0 spiro atoms. The summed E-state index contributed by atoms with van der Waals surface area (Å²) in [7, 11) is 0. The molecule has 1 aromatic rings. The lowest BCUT2D eigenvalue weighted by molar-refractivity contribution is -0.132. The summed E-state index contributed by atoms with van der Waals surface area (Å²) in [5.41, 5.74) is 4.22. The quantitative estimate of drug-likeness (QED) is 0.457. The first-order valence-corrected chi connectivity index (χ1v) is 5.98. The molecule has 0 radical (unpaired) electrons. The highest BCUT2D eigenvalue weighted by atomic mass is 16.4. The van der Waals surface area contributed by atoms with Crippen LogP contribution in [0.5, 0.6) is 0 Å². The van der Waals surface area contributed by atoms with Crippen molar-refractivity contribution in [3.8, 4) is 0 Å². The molecule has 0 aliphatic heterocycles. The number of rotatable bonds is 6. The van der Waals surface area contributed by atoms with E-state index < -0.39 is 5.97 Å². The standard InChI is InChI=1S/C15H18O2/c1-2-3-5-10-14(15(16)17)12-11-13-8-6-4-7-9-13/h4,6-9,11H,2-3,5,10H2,1H3,(H,16,17). The molecule has 17 heavy (non-hydrogen) atoms. The highest BCUT2D eigenvalue weighted by molar-refractivity contribution is 5.87. The summed E-state index contributed by atoms with van der Waals surface area (Å²) in [4.78, 5) is 11.0. The summed E-state index contributed by atoms with van der Waals surface area (Å²) in [6.45, 7) is 2.10. The molecule has 0 atom stereocenters. The maximum absolute atomic E-state index is 11.0. The van der Waals surface area contributed by atoms with Crippen molar-refractivity contribution in [3.05, 3.63) is 47.2 Å². The molecule has 0 heterocycles. The third kappa shape index (κ3) is 5.19.